The van der Waals surface area contributed by atoms with E-state index in [0.717, 1.165) is 30.4 Å². The van der Waals surface area contributed by atoms with Crippen LogP contribution < -0.4 is 10.1 Å². The van der Waals surface area contributed by atoms with Crippen molar-refractivity contribution in [2.45, 2.75) is 19.3 Å². The van der Waals surface area contributed by atoms with Gasteiger partial charge in [-0.15, -0.1) is 0 Å². The number of hydrogen-bond acceptors (Lipinski definition) is 2. The molecule has 1 amide bonds. The van der Waals surface area contributed by atoms with Crippen molar-refractivity contribution in [1.82, 2.24) is 5.32 Å². The Hall–Kier alpha value is -3.07. The molecule has 3 nitrogen and oxygen atoms in total. The number of nitrogens with one attached hydrogen (secondary N) is 1. The zero-order chi connectivity index (χ0) is 18.0. The highest BCUT2D eigenvalue weighted by molar-refractivity contribution is 5.76. The molecule has 0 aliphatic heterocycles. The number of rotatable bonds is 7. The lowest BCUT2D eigenvalue weighted by Gasteiger charge is -2.11. The fourth-order valence-corrected chi connectivity index (χ4v) is 2.84. The van der Waals surface area contributed by atoms with Crippen LogP contribution in [0, 0.1) is 0 Å². The van der Waals surface area contributed by atoms with Gasteiger partial charge >= 0.3 is 6.09 Å². The smallest absolute Gasteiger partial charge is 0.410 e. The van der Waals surface area contributed by atoms with Gasteiger partial charge in [-0.1, -0.05) is 78.9 Å². The zero-order valence-electron chi connectivity index (χ0n) is 14.7. The maximum atomic E-state index is 12.1. The second-order valence-corrected chi connectivity index (χ2v) is 6.12. The maximum absolute atomic E-state index is 12.1. The van der Waals surface area contributed by atoms with Crippen molar-refractivity contribution in [2.24, 2.45) is 0 Å². The van der Waals surface area contributed by atoms with E-state index in [9.17, 15) is 4.79 Å². The predicted octanol–water partition coefficient (Wildman–Crippen LogP) is 5.46. The number of ether oxygens (including phenoxy) is 1. The van der Waals surface area contributed by atoms with Crippen molar-refractivity contribution in [3.05, 3.63) is 90.5 Å². The first kappa shape index (κ1) is 17.7. The molecule has 0 aliphatic rings. The molecule has 0 aromatic heterocycles. The lowest BCUT2D eigenvalue weighted by Crippen LogP contribution is -2.27. The summed E-state index contributed by atoms with van der Waals surface area (Å²) < 4.78 is 5.51. The summed E-state index contributed by atoms with van der Waals surface area (Å²) in [6.07, 6.45) is 2.57. The highest BCUT2D eigenvalue weighted by Gasteiger charge is 2.09. The van der Waals surface area contributed by atoms with Crippen LogP contribution in [0.25, 0.3) is 11.1 Å². The number of hydrogen-bond donors (Lipinski definition) is 1. The first-order valence-electron chi connectivity index (χ1n) is 8.97. The molecule has 3 aromatic rings. The Bertz CT molecular complexity index is 816. The van der Waals surface area contributed by atoms with E-state index in [2.05, 4.69) is 29.6 Å². The summed E-state index contributed by atoms with van der Waals surface area (Å²) in [5.41, 5.74) is 3.26. The van der Waals surface area contributed by atoms with Crippen LogP contribution in [0.3, 0.4) is 0 Å². The predicted molar refractivity (Wildman–Crippen MR) is 105 cm³/mol. The first-order valence-corrected chi connectivity index (χ1v) is 8.97. The third-order valence-corrected chi connectivity index (χ3v) is 4.18. The van der Waals surface area contributed by atoms with E-state index >= 15 is 0 Å². The van der Waals surface area contributed by atoms with Gasteiger partial charge in [-0.3, -0.25) is 0 Å². The topological polar surface area (TPSA) is 38.3 Å². The number of carbonyl (C=O) groups is 1. The summed E-state index contributed by atoms with van der Waals surface area (Å²) in [4.78, 5) is 12.1. The monoisotopic (exact) mass is 345 g/mol. The van der Waals surface area contributed by atoms with Gasteiger partial charge in [0.1, 0.15) is 5.75 Å². The van der Waals surface area contributed by atoms with E-state index in [4.69, 9.17) is 4.74 Å². The molecule has 0 saturated heterocycles. The number of unbranched alkanes of at least 4 members (excludes halogenated alkanes) is 1. The van der Waals surface area contributed by atoms with Crippen LogP contribution >= 0.6 is 0 Å². The van der Waals surface area contributed by atoms with Crippen molar-refractivity contribution in [2.75, 3.05) is 6.54 Å². The van der Waals surface area contributed by atoms with Gasteiger partial charge in [0, 0.05) is 12.1 Å². The van der Waals surface area contributed by atoms with E-state index in [0.29, 0.717) is 12.3 Å². The van der Waals surface area contributed by atoms with Gasteiger partial charge in [-0.05, 0) is 36.5 Å². The molecule has 0 aliphatic carbocycles. The van der Waals surface area contributed by atoms with Crippen molar-refractivity contribution < 1.29 is 9.53 Å². The van der Waals surface area contributed by atoms with E-state index in [1.165, 1.54) is 5.56 Å². The van der Waals surface area contributed by atoms with Crippen LogP contribution in [-0.4, -0.2) is 12.6 Å². The molecule has 3 aromatic carbocycles. The molecule has 0 unspecified atom stereocenters. The van der Waals surface area contributed by atoms with E-state index < -0.39 is 6.09 Å². The Kier molecular flexibility index (Phi) is 6.43. The molecular formula is C23H23NO2. The van der Waals surface area contributed by atoms with Crippen molar-refractivity contribution in [3.63, 3.8) is 0 Å². The molecule has 1 N–H and O–H groups in total. The Labute approximate surface area is 154 Å². The molecular weight excluding hydrogens is 322 g/mol. The van der Waals surface area contributed by atoms with Gasteiger partial charge in [0.2, 0.25) is 0 Å². The summed E-state index contributed by atoms with van der Waals surface area (Å²) in [7, 11) is 0. The molecule has 3 heteroatoms. The largest absolute Gasteiger partial charge is 0.412 e. The Balaban J connectivity index is 1.47. The number of amides is 1. The van der Waals surface area contributed by atoms with Crippen LogP contribution in [0.4, 0.5) is 4.79 Å². The lowest BCUT2D eigenvalue weighted by atomic mass is 10.1. The first-order chi connectivity index (χ1) is 12.8. The third-order valence-electron chi connectivity index (χ3n) is 4.18. The van der Waals surface area contributed by atoms with Crippen LogP contribution in [0.1, 0.15) is 18.4 Å². The second-order valence-electron chi connectivity index (χ2n) is 6.12. The molecule has 0 radical (unpaired) electrons. The fraction of sp³-hybridized carbons (Fsp3) is 0.174. The molecule has 0 bridgehead atoms. The van der Waals surface area contributed by atoms with Gasteiger partial charge in [0.25, 0.3) is 0 Å². The molecule has 0 heterocycles. The summed E-state index contributed by atoms with van der Waals surface area (Å²) >= 11 is 0. The van der Waals surface area contributed by atoms with E-state index in [1.807, 2.05) is 60.7 Å². The van der Waals surface area contributed by atoms with Crippen molar-refractivity contribution in [3.8, 4) is 16.9 Å². The number of aryl methyl sites for hydroxylation is 1. The standard InChI is InChI=1S/C23H23NO2/c25-23(24-18-10-9-13-19-11-3-1-4-12-19)26-22-17-8-7-16-21(22)20-14-5-2-6-15-20/h1-8,11-12,14-17H,9-10,13,18H2,(H,24,25). The number of para-hydroxylation sites is 1. The molecule has 132 valence electrons. The minimum Gasteiger partial charge on any atom is -0.410 e. The quantitative estimate of drug-likeness (QED) is 0.577. The third kappa shape index (κ3) is 5.21. The highest BCUT2D eigenvalue weighted by atomic mass is 16.6. The normalized spacial score (nSPS) is 10.3. The zero-order valence-corrected chi connectivity index (χ0v) is 14.7. The minimum absolute atomic E-state index is 0.409. The van der Waals surface area contributed by atoms with Crippen LogP contribution in [0.15, 0.2) is 84.9 Å². The maximum Gasteiger partial charge on any atom is 0.412 e. The van der Waals surface area contributed by atoms with Gasteiger partial charge in [-0.25, -0.2) is 4.79 Å². The van der Waals surface area contributed by atoms with Gasteiger partial charge in [0.05, 0.1) is 0 Å². The number of carbonyl (C=O) groups excluding carboxylic acids is 1. The average Bonchev–Trinajstić information content (AvgIpc) is 2.70. The minimum atomic E-state index is -0.409. The van der Waals surface area contributed by atoms with Crippen LogP contribution in [-0.2, 0) is 6.42 Å². The second kappa shape index (κ2) is 9.42. The summed E-state index contributed by atoms with van der Waals surface area (Å²) in [6, 6.07) is 27.9. The van der Waals surface area contributed by atoms with Gasteiger partial charge in [0.15, 0.2) is 0 Å². The molecule has 26 heavy (non-hydrogen) atoms. The van der Waals surface area contributed by atoms with Crippen molar-refractivity contribution in [1.29, 1.82) is 0 Å². The molecule has 0 saturated carbocycles. The summed E-state index contributed by atoms with van der Waals surface area (Å²) in [5.74, 6) is 0.570. The lowest BCUT2D eigenvalue weighted by molar-refractivity contribution is 0.200. The van der Waals surface area contributed by atoms with Gasteiger partial charge < -0.3 is 10.1 Å². The van der Waals surface area contributed by atoms with Crippen molar-refractivity contribution >= 4 is 6.09 Å². The molecule has 3 rings (SSSR count). The van der Waals surface area contributed by atoms with Gasteiger partial charge in [-0.2, -0.15) is 0 Å². The Morgan fingerprint density at radius 1 is 0.769 bits per heavy atom. The molecule has 0 atom stereocenters. The Morgan fingerprint density at radius 2 is 1.42 bits per heavy atom. The molecule has 0 fully saturated rings. The highest BCUT2D eigenvalue weighted by Crippen LogP contribution is 2.29. The van der Waals surface area contributed by atoms with Crippen LogP contribution in [0.5, 0.6) is 5.75 Å². The SMILES string of the molecule is O=C(NCCCCc1ccccc1)Oc1ccccc1-c1ccccc1. The Morgan fingerprint density at radius 3 is 2.19 bits per heavy atom. The summed E-state index contributed by atoms with van der Waals surface area (Å²) in [6.45, 7) is 0.610. The average molecular weight is 345 g/mol. The van der Waals surface area contributed by atoms with E-state index in [1.54, 1.807) is 0 Å². The fourth-order valence-electron chi connectivity index (χ4n) is 2.84. The summed E-state index contributed by atoms with van der Waals surface area (Å²) in [5, 5.41) is 2.83. The van der Waals surface area contributed by atoms with E-state index in [-0.39, 0.29) is 0 Å². The number of benzene rings is 3. The van der Waals surface area contributed by atoms with Crippen LogP contribution in [0.2, 0.25) is 0 Å². The molecule has 0 spiro atoms.